The molecule has 3 rings (SSSR count). The van der Waals surface area contributed by atoms with Gasteiger partial charge in [0.1, 0.15) is 12.7 Å². The average molecular weight is 304 g/mol. The molecule has 0 aromatic carbocycles. The van der Waals surface area contributed by atoms with E-state index in [2.05, 4.69) is 9.84 Å². The minimum Gasteiger partial charge on any atom is -0.384 e. The molecule has 1 fully saturated rings. The molecule has 1 saturated heterocycles. The van der Waals surface area contributed by atoms with Gasteiger partial charge in [-0.05, 0) is 6.07 Å². The second kappa shape index (κ2) is 4.44. The van der Waals surface area contributed by atoms with E-state index in [0.717, 1.165) is 6.20 Å². The normalized spacial score (nSPS) is 26.3. The Morgan fingerprint density at radius 1 is 1.52 bits per heavy atom. The van der Waals surface area contributed by atoms with Gasteiger partial charge in [0.05, 0.1) is 0 Å². The van der Waals surface area contributed by atoms with Crippen molar-refractivity contribution in [3.8, 4) is 0 Å². The number of nitrogens with one attached hydrogen (secondary N) is 1. The number of aliphatic hydroxyl groups excluding tert-OH is 2. The minimum atomic E-state index is -3.52. The highest BCUT2D eigenvalue weighted by Gasteiger charge is 2.53. The van der Waals surface area contributed by atoms with Crippen molar-refractivity contribution < 1.29 is 23.7 Å². The summed E-state index contributed by atoms with van der Waals surface area (Å²) in [5.41, 5.74) is -1.83. The van der Waals surface area contributed by atoms with E-state index in [1.165, 1.54) is 6.07 Å². The molecular formula is C10H10F2N4O5. The molecule has 3 atom stereocenters. The van der Waals surface area contributed by atoms with Gasteiger partial charge in [0, 0.05) is 6.20 Å². The van der Waals surface area contributed by atoms with Crippen LogP contribution in [0.25, 0.3) is 5.65 Å². The number of aromatic nitrogens is 4. The number of fused-ring (bicyclic) bond motifs is 1. The van der Waals surface area contributed by atoms with Crippen molar-refractivity contribution in [3.05, 3.63) is 33.2 Å². The monoisotopic (exact) mass is 304 g/mol. The van der Waals surface area contributed by atoms with E-state index in [1.807, 2.05) is 5.10 Å². The van der Waals surface area contributed by atoms with Crippen molar-refractivity contribution in [1.82, 2.24) is 19.2 Å². The Balaban J connectivity index is 2.05. The van der Waals surface area contributed by atoms with Gasteiger partial charge < -0.3 is 14.9 Å². The van der Waals surface area contributed by atoms with Gasteiger partial charge in [0.15, 0.2) is 18.0 Å². The third kappa shape index (κ3) is 1.97. The molecule has 0 radical (unpaired) electrons. The first-order valence-corrected chi connectivity index (χ1v) is 5.87. The molecular weight excluding hydrogens is 294 g/mol. The molecule has 2 aromatic heterocycles. The first-order chi connectivity index (χ1) is 9.83. The largest absolute Gasteiger partial charge is 0.384 e. The smallest absolute Gasteiger partial charge is 0.351 e. The van der Waals surface area contributed by atoms with Crippen molar-refractivity contribution in [1.29, 1.82) is 0 Å². The fourth-order valence-corrected chi connectivity index (χ4v) is 2.16. The lowest BCUT2D eigenvalue weighted by Crippen LogP contribution is -2.44. The fourth-order valence-electron chi connectivity index (χ4n) is 2.16. The average Bonchev–Trinajstić information content (AvgIpc) is 2.92. The SMILES string of the molecule is O=c1[nH]nc2ccn(C(O)[C@H]3OCC(F)(F)[C@@H]3O)c(=O)n12. The molecule has 0 saturated carbocycles. The Morgan fingerprint density at radius 2 is 2.24 bits per heavy atom. The summed E-state index contributed by atoms with van der Waals surface area (Å²) in [7, 11) is 0. The molecule has 21 heavy (non-hydrogen) atoms. The van der Waals surface area contributed by atoms with Crippen LogP contribution < -0.4 is 11.4 Å². The van der Waals surface area contributed by atoms with Gasteiger partial charge in [-0.1, -0.05) is 0 Å². The number of hydrogen-bond acceptors (Lipinski definition) is 6. The number of ether oxygens (including phenoxy) is 1. The Labute approximate surface area is 114 Å². The molecule has 3 N–H and O–H groups in total. The van der Waals surface area contributed by atoms with E-state index >= 15 is 0 Å². The molecule has 1 aliphatic heterocycles. The van der Waals surface area contributed by atoms with E-state index in [0.29, 0.717) is 8.97 Å². The second-order valence-electron chi connectivity index (χ2n) is 4.62. The van der Waals surface area contributed by atoms with Crippen LogP contribution in [-0.2, 0) is 4.74 Å². The van der Waals surface area contributed by atoms with Crippen LogP contribution in [0.3, 0.4) is 0 Å². The lowest BCUT2D eigenvalue weighted by atomic mass is 10.1. The second-order valence-corrected chi connectivity index (χ2v) is 4.62. The molecule has 3 heterocycles. The zero-order chi connectivity index (χ0) is 15.4. The molecule has 1 unspecified atom stereocenters. The third-order valence-electron chi connectivity index (χ3n) is 3.29. The van der Waals surface area contributed by atoms with Crippen molar-refractivity contribution in [2.45, 2.75) is 24.4 Å². The number of hydrogen-bond donors (Lipinski definition) is 3. The summed E-state index contributed by atoms with van der Waals surface area (Å²) in [5.74, 6) is -3.52. The van der Waals surface area contributed by atoms with E-state index in [9.17, 15) is 28.6 Å². The first kappa shape index (κ1) is 13.9. The Morgan fingerprint density at radius 3 is 2.86 bits per heavy atom. The highest BCUT2D eigenvalue weighted by molar-refractivity contribution is 5.33. The summed E-state index contributed by atoms with van der Waals surface area (Å²) in [6.07, 6.45) is -4.78. The summed E-state index contributed by atoms with van der Waals surface area (Å²) in [6, 6.07) is 1.22. The molecule has 114 valence electrons. The van der Waals surface area contributed by atoms with Gasteiger partial charge in [-0.25, -0.2) is 23.5 Å². The molecule has 2 aromatic rings. The fraction of sp³-hybridized carbons (Fsp3) is 0.500. The highest BCUT2D eigenvalue weighted by atomic mass is 19.3. The van der Waals surface area contributed by atoms with Crippen molar-refractivity contribution in [2.24, 2.45) is 0 Å². The number of nitrogens with zero attached hydrogens (tertiary/aromatic N) is 3. The number of halogens is 2. The van der Waals surface area contributed by atoms with E-state index < -0.39 is 42.3 Å². The van der Waals surface area contributed by atoms with Gasteiger partial charge in [-0.15, -0.1) is 0 Å². The van der Waals surface area contributed by atoms with Crippen LogP contribution in [0.1, 0.15) is 6.23 Å². The van der Waals surface area contributed by atoms with Crippen LogP contribution in [-0.4, -0.2) is 54.1 Å². The summed E-state index contributed by atoms with van der Waals surface area (Å²) in [4.78, 5) is 23.5. The summed E-state index contributed by atoms with van der Waals surface area (Å²) >= 11 is 0. The molecule has 0 bridgehead atoms. The zero-order valence-electron chi connectivity index (χ0n) is 10.3. The van der Waals surface area contributed by atoms with Gasteiger partial charge in [-0.2, -0.15) is 9.50 Å². The Hall–Kier alpha value is -2.11. The third-order valence-corrected chi connectivity index (χ3v) is 3.29. The van der Waals surface area contributed by atoms with E-state index in [4.69, 9.17) is 0 Å². The molecule has 0 amide bonds. The predicted molar refractivity (Wildman–Crippen MR) is 62.0 cm³/mol. The van der Waals surface area contributed by atoms with Crippen LogP contribution >= 0.6 is 0 Å². The number of rotatable bonds is 2. The van der Waals surface area contributed by atoms with Crippen LogP contribution in [0.4, 0.5) is 8.78 Å². The number of aliphatic hydroxyl groups is 2. The maximum atomic E-state index is 13.2. The topological polar surface area (TPSA) is 122 Å². The van der Waals surface area contributed by atoms with Crippen molar-refractivity contribution in [2.75, 3.05) is 6.61 Å². The van der Waals surface area contributed by atoms with Gasteiger partial charge >= 0.3 is 11.4 Å². The molecule has 1 aliphatic rings. The molecule has 0 aliphatic carbocycles. The number of aromatic amines is 1. The van der Waals surface area contributed by atoms with Crippen molar-refractivity contribution >= 4 is 5.65 Å². The molecule has 11 heteroatoms. The quantitative estimate of drug-likeness (QED) is 0.594. The highest BCUT2D eigenvalue weighted by Crippen LogP contribution is 2.33. The van der Waals surface area contributed by atoms with Crippen LogP contribution in [0.15, 0.2) is 21.9 Å². The maximum Gasteiger partial charge on any atom is 0.351 e. The Kier molecular flexibility index (Phi) is 2.93. The summed E-state index contributed by atoms with van der Waals surface area (Å²) in [5, 5.41) is 25.0. The standard InChI is InChI=1S/C10H10F2N4O5/c11-10(12)3-21-5(6(10)17)7(18)15-2-1-4-13-14-8(19)16(4)9(15)20/h1-2,5-7,17-18H,3H2,(H,14,19)/t5-,6+,7?/m0/s1. The van der Waals surface area contributed by atoms with Crippen LogP contribution in [0.2, 0.25) is 0 Å². The summed E-state index contributed by atoms with van der Waals surface area (Å²) < 4.78 is 32.3. The summed E-state index contributed by atoms with van der Waals surface area (Å²) in [6.45, 7) is -1.07. The van der Waals surface area contributed by atoms with Crippen molar-refractivity contribution in [3.63, 3.8) is 0 Å². The molecule has 0 spiro atoms. The van der Waals surface area contributed by atoms with Gasteiger partial charge in [0.25, 0.3) is 5.92 Å². The number of alkyl halides is 2. The molecule has 9 nitrogen and oxygen atoms in total. The van der Waals surface area contributed by atoms with Crippen LogP contribution in [0, 0.1) is 0 Å². The van der Waals surface area contributed by atoms with E-state index in [1.54, 1.807) is 0 Å². The van der Waals surface area contributed by atoms with Gasteiger partial charge in [0.2, 0.25) is 0 Å². The zero-order valence-corrected chi connectivity index (χ0v) is 10.3. The van der Waals surface area contributed by atoms with Gasteiger partial charge in [-0.3, -0.25) is 4.57 Å². The van der Waals surface area contributed by atoms with E-state index in [-0.39, 0.29) is 5.65 Å². The number of H-pyrrole nitrogens is 1. The minimum absolute atomic E-state index is 0.00617. The van der Waals surface area contributed by atoms with Crippen LogP contribution in [0.5, 0.6) is 0 Å². The first-order valence-electron chi connectivity index (χ1n) is 5.87. The lowest BCUT2D eigenvalue weighted by Gasteiger charge is -2.23. The Bertz CT molecular complexity index is 797. The predicted octanol–water partition coefficient (Wildman–Crippen LogP) is -1.93. The lowest BCUT2D eigenvalue weighted by molar-refractivity contribution is -0.108. The maximum absolute atomic E-state index is 13.2.